The Morgan fingerprint density at radius 2 is 2.33 bits per heavy atom. The van der Waals surface area contributed by atoms with Gasteiger partial charge in [0.1, 0.15) is 0 Å². The van der Waals surface area contributed by atoms with Crippen molar-refractivity contribution in [2.75, 3.05) is 13.2 Å². The summed E-state index contributed by atoms with van der Waals surface area (Å²) in [6, 6.07) is -0.0313. The van der Waals surface area contributed by atoms with Crippen LogP contribution in [0.1, 0.15) is 42.2 Å². The van der Waals surface area contributed by atoms with Crippen molar-refractivity contribution in [3.05, 3.63) is 17.5 Å². The second kappa shape index (κ2) is 5.52. The van der Waals surface area contributed by atoms with Crippen LogP contribution in [0.4, 0.5) is 0 Å². The molecule has 1 amide bonds. The van der Waals surface area contributed by atoms with Crippen molar-refractivity contribution in [2.24, 2.45) is 7.05 Å². The van der Waals surface area contributed by atoms with E-state index in [1.54, 1.807) is 15.8 Å². The van der Waals surface area contributed by atoms with Crippen LogP contribution in [0, 0.1) is 0 Å². The van der Waals surface area contributed by atoms with Crippen molar-refractivity contribution in [1.82, 2.24) is 14.7 Å². The van der Waals surface area contributed by atoms with Gasteiger partial charge in [0.15, 0.2) is 0 Å². The summed E-state index contributed by atoms with van der Waals surface area (Å²) in [5, 5.41) is 13.7. The molecule has 5 nitrogen and oxygen atoms in total. The van der Waals surface area contributed by atoms with E-state index in [4.69, 9.17) is 0 Å². The van der Waals surface area contributed by atoms with Gasteiger partial charge >= 0.3 is 0 Å². The maximum absolute atomic E-state index is 12.5. The first-order valence-electron chi connectivity index (χ1n) is 6.61. The second-order valence-corrected chi connectivity index (χ2v) is 4.85. The van der Waals surface area contributed by atoms with Gasteiger partial charge in [-0.05, 0) is 25.7 Å². The molecule has 0 saturated carbocycles. The molecule has 0 radical (unpaired) electrons. The van der Waals surface area contributed by atoms with Crippen molar-refractivity contribution in [3.8, 4) is 0 Å². The number of hydrogen-bond acceptors (Lipinski definition) is 3. The first kappa shape index (κ1) is 13.1. The van der Waals surface area contributed by atoms with Gasteiger partial charge in [-0.1, -0.05) is 6.92 Å². The molecule has 1 aliphatic rings. The van der Waals surface area contributed by atoms with Crippen molar-refractivity contribution >= 4 is 5.91 Å². The lowest BCUT2D eigenvalue weighted by molar-refractivity contribution is 0.0502. The van der Waals surface area contributed by atoms with Crippen LogP contribution in [0.25, 0.3) is 0 Å². The Morgan fingerprint density at radius 1 is 1.56 bits per heavy atom. The lowest BCUT2D eigenvalue weighted by Crippen LogP contribution is -2.45. The monoisotopic (exact) mass is 251 g/mol. The second-order valence-electron chi connectivity index (χ2n) is 4.85. The number of rotatable bonds is 3. The minimum absolute atomic E-state index is 0.0127. The topological polar surface area (TPSA) is 58.4 Å². The van der Waals surface area contributed by atoms with Crippen LogP contribution in [0.5, 0.6) is 0 Å². The molecule has 1 aliphatic heterocycles. The summed E-state index contributed by atoms with van der Waals surface area (Å²) in [5.74, 6) is 0.0127. The molecule has 18 heavy (non-hydrogen) atoms. The molecule has 1 aromatic rings. The summed E-state index contributed by atoms with van der Waals surface area (Å²) in [6.07, 6.45) is 5.53. The third-order valence-corrected chi connectivity index (χ3v) is 3.57. The standard InChI is InChI=1S/C13H21N3O2/c1-3-12-11(8-15(2)14-12)13(18)16-7-5-4-6-10(16)9-17/h8,10,17H,3-7,9H2,1-2H3. The van der Waals surface area contributed by atoms with Crippen LogP contribution in [0.2, 0.25) is 0 Å². The summed E-state index contributed by atoms with van der Waals surface area (Å²) in [7, 11) is 1.83. The van der Waals surface area contributed by atoms with E-state index in [2.05, 4.69) is 5.10 Å². The zero-order valence-corrected chi connectivity index (χ0v) is 11.1. The molecule has 1 unspecified atom stereocenters. The maximum Gasteiger partial charge on any atom is 0.257 e. The van der Waals surface area contributed by atoms with Crippen LogP contribution < -0.4 is 0 Å². The number of piperidine rings is 1. The zero-order valence-electron chi connectivity index (χ0n) is 11.1. The zero-order chi connectivity index (χ0) is 13.1. The summed E-state index contributed by atoms with van der Waals surface area (Å²) in [5.41, 5.74) is 1.52. The molecular formula is C13H21N3O2. The van der Waals surface area contributed by atoms with Gasteiger partial charge in [-0.15, -0.1) is 0 Å². The molecule has 2 heterocycles. The Kier molecular flexibility index (Phi) is 4.01. The Bertz CT molecular complexity index is 428. The number of hydrogen-bond donors (Lipinski definition) is 1. The van der Waals surface area contributed by atoms with Gasteiger partial charge in [-0.2, -0.15) is 5.10 Å². The number of aryl methyl sites for hydroxylation is 2. The highest BCUT2D eigenvalue weighted by atomic mass is 16.3. The lowest BCUT2D eigenvalue weighted by atomic mass is 10.0. The maximum atomic E-state index is 12.5. The molecule has 1 aromatic heterocycles. The summed E-state index contributed by atoms with van der Waals surface area (Å²) < 4.78 is 1.68. The molecule has 0 aliphatic carbocycles. The Balaban J connectivity index is 2.23. The quantitative estimate of drug-likeness (QED) is 0.871. The van der Waals surface area contributed by atoms with E-state index in [-0.39, 0.29) is 18.6 Å². The first-order chi connectivity index (χ1) is 8.67. The van der Waals surface area contributed by atoms with E-state index in [1.807, 2.05) is 14.0 Å². The van der Waals surface area contributed by atoms with Crippen molar-refractivity contribution in [2.45, 2.75) is 38.6 Å². The van der Waals surface area contributed by atoms with Gasteiger partial charge in [0.05, 0.1) is 23.9 Å². The number of aromatic nitrogens is 2. The van der Waals surface area contributed by atoms with E-state index in [1.165, 1.54) is 0 Å². The van der Waals surface area contributed by atoms with Gasteiger partial charge in [-0.25, -0.2) is 0 Å². The van der Waals surface area contributed by atoms with Crippen LogP contribution in [-0.2, 0) is 13.5 Å². The average Bonchev–Trinajstić information content (AvgIpc) is 2.79. The summed E-state index contributed by atoms with van der Waals surface area (Å²) in [4.78, 5) is 14.3. The number of carbonyl (C=O) groups is 1. The van der Waals surface area contributed by atoms with Gasteiger partial charge in [0.25, 0.3) is 5.91 Å². The Hall–Kier alpha value is -1.36. The molecule has 1 atom stereocenters. The SMILES string of the molecule is CCc1nn(C)cc1C(=O)N1CCCCC1CO. The minimum Gasteiger partial charge on any atom is -0.394 e. The lowest BCUT2D eigenvalue weighted by Gasteiger charge is -2.34. The van der Waals surface area contributed by atoms with Crippen LogP contribution in [-0.4, -0.2) is 44.9 Å². The summed E-state index contributed by atoms with van der Waals surface area (Å²) in [6.45, 7) is 2.79. The van der Waals surface area contributed by atoms with Gasteiger partial charge < -0.3 is 10.0 Å². The van der Waals surface area contributed by atoms with Crippen LogP contribution >= 0.6 is 0 Å². The normalized spacial score (nSPS) is 20.2. The number of aliphatic hydroxyl groups is 1. The number of carbonyl (C=O) groups excluding carboxylic acids is 1. The highest BCUT2D eigenvalue weighted by Crippen LogP contribution is 2.20. The Morgan fingerprint density at radius 3 is 3.00 bits per heavy atom. The van der Waals surface area contributed by atoms with Crippen molar-refractivity contribution in [3.63, 3.8) is 0 Å². The summed E-state index contributed by atoms with van der Waals surface area (Å²) >= 11 is 0. The predicted molar refractivity (Wildman–Crippen MR) is 68.3 cm³/mol. The predicted octanol–water partition coefficient (Wildman–Crippen LogP) is 0.970. The van der Waals surface area contributed by atoms with E-state index in [9.17, 15) is 9.90 Å². The number of amides is 1. The number of aliphatic hydroxyl groups excluding tert-OH is 1. The molecule has 100 valence electrons. The molecule has 0 spiro atoms. The number of nitrogens with zero attached hydrogens (tertiary/aromatic N) is 3. The van der Waals surface area contributed by atoms with E-state index < -0.39 is 0 Å². The third kappa shape index (κ3) is 2.41. The van der Waals surface area contributed by atoms with Gasteiger partial charge in [0, 0.05) is 19.8 Å². The molecular weight excluding hydrogens is 230 g/mol. The highest BCUT2D eigenvalue weighted by Gasteiger charge is 2.28. The van der Waals surface area contributed by atoms with Crippen LogP contribution in [0.15, 0.2) is 6.20 Å². The first-order valence-corrected chi connectivity index (χ1v) is 6.61. The smallest absolute Gasteiger partial charge is 0.257 e. The molecule has 1 saturated heterocycles. The fourth-order valence-electron chi connectivity index (χ4n) is 2.59. The Labute approximate surface area is 107 Å². The molecule has 1 fully saturated rings. The van der Waals surface area contributed by atoms with Crippen LogP contribution in [0.3, 0.4) is 0 Å². The molecule has 1 N–H and O–H groups in total. The van der Waals surface area contributed by atoms with E-state index >= 15 is 0 Å². The number of likely N-dealkylation sites (tertiary alicyclic amines) is 1. The van der Waals surface area contributed by atoms with Crippen molar-refractivity contribution < 1.29 is 9.90 Å². The third-order valence-electron chi connectivity index (χ3n) is 3.57. The van der Waals surface area contributed by atoms with Gasteiger partial charge in [-0.3, -0.25) is 9.48 Å². The largest absolute Gasteiger partial charge is 0.394 e. The van der Waals surface area contributed by atoms with Crippen molar-refractivity contribution in [1.29, 1.82) is 0 Å². The average molecular weight is 251 g/mol. The minimum atomic E-state index is -0.0313. The molecule has 0 bridgehead atoms. The van der Waals surface area contributed by atoms with E-state index in [0.29, 0.717) is 5.56 Å². The fraction of sp³-hybridized carbons (Fsp3) is 0.692. The van der Waals surface area contributed by atoms with E-state index in [0.717, 1.165) is 37.9 Å². The molecule has 5 heteroatoms. The molecule has 2 rings (SSSR count). The molecule has 0 aromatic carbocycles. The van der Waals surface area contributed by atoms with Gasteiger partial charge in [0.2, 0.25) is 0 Å². The highest BCUT2D eigenvalue weighted by molar-refractivity contribution is 5.95. The fourth-order valence-corrected chi connectivity index (χ4v) is 2.59.